The maximum Gasteiger partial charge on any atom is 0.343 e. The highest BCUT2D eigenvalue weighted by molar-refractivity contribution is 9.10. The molecular formula is C22H17BrN2O3. The van der Waals surface area contributed by atoms with Gasteiger partial charge in [-0.05, 0) is 72.6 Å². The van der Waals surface area contributed by atoms with Gasteiger partial charge in [0.2, 0.25) is 0 Å². The Morgan fingerprint density at radius 1 is 0.964 bits per heavy atom. The van der Waals surface area contributed by atoms with E-state index in [1.54, 1.807) is 60.7 Å². The molecule has 0 aromatic heterocycles. The minimum absolute atomic E-state index is 0.269. The summed E-state index contributed by atoms with van der Waals surface area (Å²) in [6.45, 7) is 1.87. The van der Waals surface area contributed by atoms with Crippen molar-refractivity contribution in [1.82, 2.24) is 5.43 Å². The van der Waals surface area contributed by atoms with Crippen LogP contribution in [0.4, 0.5) is 0 Å². The number of hydrogen-bond acceptors (Lipinski definition) is 4. The van der Waals surface area contributed by atoms with E-state index >= 15 is 0 Å². The quantitative estimate of drug-likeness (QED) is 0.271. The van der Waals surface area contributed by atoms with Crippen molar-refractivity contribution in [2.75, 3.05) is 0 Å². The number of carbonyl (C=O) groups is 2. The topological polar surface area (TPSA) is 67.8 Å². The minimum Gasteiger partial charge on any atom is -0.423 e. The SMILES string of the molecule is Cc1ccccc1C(=O)N/N=C/c1ccc(OC(=O)c2ccc(Br)cc2)cc1. The molecule has 0 saturated carbocycles. The maximum atomic E-state index is 12.1. The van der Waals surface area contributed by atoms with E-state index in [1.165, 1.54) is 6.21 Å². The van der Waals surface area contributed by atoms with Gasteiger partial charge in [-0.2, -0.15) is 5.10 Å². The molecule has 3 aromatic carbocycles. The molecule has 0 atom stereocenters. The van der Waals surface area contributed by atoms with Gasteiger partial charge in [-0.25, -0.2) is 10.2 Å². The highest BCUT2D eigenvalue weighted by Gasteiger charge is 2.08. The van der Waals surface area contributed by atoms with E-state index in [-0.39, 0.29) is 5.91 Å². The molecule has 0 fully saturated rings. The molecule has 0 aliphatic rings. The van der Waals surface area contributed by atoms with Crippen molar-refractivity contribution in [2.45, 2.75) is 6.92 Å². The minimum atomic E-state index is -0.431. The Bertz CT molecular complexity index is 1010. The number of benzene rings is 3. The molecule has 1 amide bonds. The van der Waals surface area contributed by atoms with Crippen LogP contribution in [0.1, 0.15) is 31.8 Å². The predicted molar refractivity (Wildman–Crippen MR) is 112 cm³/mol. The van der Waals surface area contributed by atoms with Crippen LogP contribution in [-0.4, -0.2) is 18.1 Å². The van der Waals surface area contributed by atoms with E-state index in [1.807, 2.05) is 19.1 Å². The lowest BCUT2D eigenvalue weighted by atomic mass is 10.1. The second kappa shape index (κ2) is 9.10. The van der Waals surface area contributed by atoms with E-state index < -0.39 is 5.97 Å². The first-order valence-corrected chi connectivity index (χ1v) is 9.29. The Kier molecular flexibility index (Phi) is 6.34. The number of halogens is 1. The summed E-state index contributed by atoms with van der Waals surface area (Å²) in [4.78, 5) is 24.2. The Labute approximate surface area is 171 Å². The van der Waals surface area contributed by atoms with E-state index in [2.05, 4.69) is 26.5 Å². The van der Waals surface area contributed by atoms with E-state index in [4.69, 9.17) is 4.74 Å². The van der Waals surface area contributed by atoms with Gasteiger partial charge in [0.15, 0.2) is 0 Å². The third kappa shape index (κ3) is 5.14. The summed E-state index contributed by atoms with van der Waals surface area (Å²) in [6.07, 6.45) is 1.52. The van der Waals surface area contributed by atoms with Gasteiger partial charge >= 0.3 is 5.97 Å². The van der Waals surface area contributed by atoms with Gasteiger partial charge < -0.3 is 4.74 Å². The van der Waals surface area contributed by atoms with Crippen molar-refractivity contribution in [2.24, 2.45) is 5.10 Å². The average Bonchev–Trinajstić information content (AvgIpc) is 2.70. The third-order valence-electron chi connectivity index (χ3n) is 3.94. The Morgan fingerprint density at radius 3 is 2.32 bits per heavy atom. The molecule has 3 aromatic rings. The van der Waals surface area contributed by atoms with Crippen molar-refractivity contribution >= 4 is 34.0 Å². The van der Waals surface area contributed by atoms with Gasteiger partial charge in [-0.3, -0.25) is 4.79 Å². The van der Waals surface area contributed by atoms with Gasteiger partial charge in [0.25, 0.3) is 5.91 Å². The standard InChI is InChI=1S/C22H17BrN2O3/c1-15-4-2-3-5-20(15)21(26)25-24-14-16-6-12-19(13-7-16)28-22(27)17-8-10-18(23)11-9-17/h2-14H,1H3,(H,25,26)/b24-14+. The van der Waals surface area contributed by atoms with Gasteiger partial charge in [-0.1, -0.05) is 34.1 Å². The zero-order valence-corrected chi connectivity index (χ0v) is 16.6. The molecule has 0 aliphatic carbocycles. The number of rotatable bonds is 5. The Morgan fingerprint density at radius 2 is 1.64 bits per heavy atom. The van der Waals surface area contributed by atoms with Crippen LogP contribution in [0.5, 0.6) is 5.75 Å². The van der Waals surface area contributed by atoms with Crippen molar-refractivity contribution in [1.29, 1.82) is 0 Å². The van der Waals surface area contributed by atoms with Crippen LogP contribution in [0.2, 0.25) is 0 Å². The van der Waals surface area contributed by atoms with Crippen LogP contribution >= 0.6 is 15.9 Å². The maximum absolute atomic E-state index is 12.1. The molecule has 0 bridgehead atoms. The van der Waals surface area contributed by atoms with Crippen LogP contribution in [0, 0.1) is 6.92 Å². The zero-order valence-electron chi connectivity index (χ0n) is 15.1. The second-order valence-electron chi connectivity index (χ2n) is 5.98. The van der Waals surface area contributed by atoms with Crippen LogP contribution in [0.3, 0.4) is 0 Å². The summed E-state index contributed by atoms with van der Waals surface area (Å²) >= 11 is 3.32. The summed E-state index contributed by atoms with van der Waals surface area (Å²) in [5.74, 6) is -0.275. The molecule has 0 aliphatic heterocycles. The molecule has 140 valence electrons. The Balaban J connectivity index is 1.57. The van der Waals surface area contributed by atoms with E-state index in [0.717, 1.165) is 15.6 Å². The molecule has 0 saturated heterocycles. The molecule has 1 N–H and O–H groups in total. The number of amides is 1. The Hall–Kier alpha value is -3.25. The number of hydrogen-bond donors (Lipinski definition) is 1. The first-order chi connectivity index (χ1) is 13.5. The largest absolute Gasteiger partial charge is 0.423 e. The average molecular weight is 437 g/mol. The van der Waals surface area contributed by atoms with Crippen molar-refractivity contribution in [3.05, 3.63) is 99.5 Å². The highest BCUT2D eigenvalue weighted by Crippen LogP contribution is 2.15. The highest BCUT2D eigenvalue weighted by atomic mass is 79.9. The van der Waals surface area contributed by atoms with Gasteiger partial charge in [0.1, 0.15) is 5.75 Å². The fourth-order valence-corrected chi connectivity index (χ4v) is 2.69. The van der Waals surface area contributed by atoms with E-state index in [9.17, 15) is 9.59 Å². The van der Waals surface area contributed by atoms with Crippen molar-refractivity contribution in [3.63, 3.8) is 0 Å². The first kappa shape index (κ1) is 19.5. The normalized spacial score (nSPS) is 10.6. The molecule has 0 radical (unpaired) electrons. The number of nitrogens with zero attached hydrogens (tertiary/aromatic N) is 1. The van der Waals surface area contributed by atoms with Gasteiger partial charge in [-0.15, -0.1) is 0 Å². The summed E-state index contributed by atoms with van der Waals surface area (Å²) in [7, 11) is 0. The fourth-order valence-electron chi connectivity index (χ4n) is 2.43. The lowest BCUT2D eigenvalue weighted by Gasteiger charge is -2.05. The van der Waals surface area contributed by atoms with Crippen molar-refractivity contribution in [3.8, 4) is 5.75 Å². The molecule has 0 unspecified atom stereocenters. The number of nitrogens with one attached hydrogen (secondary N) is 1. The summed E-state index contributed by atoms with van der Waals surface area (Å²) in [6, 6.07) is 21.0. The number of carbonyl (C=O) groups excluding carboxylic acids is 2. The first-order valence-electron chi connectivity index (χ1n) is 8.50. The predicted octanol–water partition coefficient (Wildman–Crippen LogP) is 4.74. The summed E-state index contributed by atoms with van der Waals surface area (Å²) in [5, 5.41) is 3.97. The number of esters is 1. The van der Waals surface area contributed by atoms with Crippen LogP contribution in [-0.2, 0) is 0 Å². The van der Waals surface area contributed by atoms with Crippen LogP contribution in [0.25, 0.3) is 0 Å². The summed E-state index contributed by atoms with van der Waals surface area (Å²) in [5.41, 5.74) is 5.19. The molecular weight excluding hydrogens is 420 g/mol. The summed E-state index contributed by atoms with van der Waals surface area (Å²) < 4.78 is 6.23. The zero-order chi connectivity index (χ0) is 19.9. The van der Waals surface area contributed by atoms with Crippen LogP contribution < -0.4 is 10.2 Å². The van der Waals surface area contributed by atoms with E-state index in [0.29, 0.717) is 16.9 Å². The lowest BCUT2D eigenvalue weighted by molar-refractivity contribution is 0.0734. The van der Waals surface area contributed by atoms with Gasteiger partial charge in [0.05, 0.1) is 11.8 Å². The third-order valence-corrected chi connectivity index (χ3v) is 4.47. The molecule has 6 heteroatoms. The van der Waals surface area contributed by atoms with Crippen LogP contribution in [0.15, 0.2) is 82.4 Å². The fraction of sp³-hybridized carbons (Fsp3) is 0.0455. The van der Waals surface area contributed by atoms with Gasteiger partial charge in [0, 0.05) is 10.0 Å². The molecule has 3 rings (SSSR count). The molecule has 0 heterocycles. The number of aryl methyl sites for hydroxylation is 1. The monoisotopic (exact) mass is 436 g/mol. The lowest BCUT2D eigenvalue weighted by Crippen LogP contribution is -2.18. The smallest absolute Gasteiger partial charge is 0.343 e. The number of ether oxygens (including phenoxy) is 1. The molecule has 5 nitrogen and oxygen atoms in total. The molecule has 0 spiro atoms. The molecule has 28 heavy (non-hydrogen) atoms. The second-order valence-corrected chi connectivity index (χ2v) is 6.90. The van der Waals surface area contributed by atoms with Crippen molar-refractivity contribution < 1.29 is 14.3 Å². The number of hydrazone groups is 1.